The molecule has 3 aromatic rings. The van der Waals surface area contributed by atoms with Crippen LogP contribution in [0.3, 0.4) is 0 Å². The van der Waals surface area contributed by atoms with Gasteiger partial charge in [-0.3, -0.25) is 13.9 Å². The van der Waals surface area contributed by atoms with Gasteiger partial charge in [0.05, 0.1) is 10.6 Å². The number of anilines is 1. The van der Waals surface area contributed by atoms with Gasteiger partial charge in [-0.25, -0.2) is 8.42 Å². The van der Waals surface area contributed by atoms with Crippen LogP contribution in [0.15, 0.2) is 82.2 Å². The van der Waals surface area contributed by atoms with Gasteiger partial charge in [-0.05, 0) is 80.3 Å². The molecule has 2 amide bonds. The molecule has 3 aromatic carbocycles. The number of hydrogen-bond donors (Lipinski definition) is 1. The molecule has 218 valence electrons. The summed E-state index contributed by atoms with van der Waals surface area (Å²) in [5.41, 5.74) is 1.90. The number of aryl methyl sites for hydroxylation is 1. The molecule has 0 spiro atoms. The van der Waals surface area contributed by atoms with Gasteiger partial charge in [0.1, 0.15) is 12.6 Å². The van der Waals surface area contributed by atoms with Gasteiger partial charge in [-0.15, -0.1) is 0 Å². The molecule has 0 aliphatic heterocycles. The van der Waals surface area contributed by atoms with Crippen molar-refractivity contribution in [3.8, 4) is 0 Å². The molecule has 4 rings (SSSR count). The number of hydrogen-bond acceptors (Lipinski definition) is 4. The largest absolute Gasteiger partial charge is 0.352 e. The fraction of sp³-hybridized carbons (Fsp3) is 0.355. The van der Waals surface area contributed by atoms with Crippen LogP contribution in [0.5, 0.6) is 0 Å². The standard InChI is InChI=1S/C31H35BrClN3O4S/c1-22-8-6-7-11-29(22)36(41(39,40)28-18-16-26(33)17-19-28)21-30(37)35(20-24-12-14-25(32)15-13-24)23(2)31(38)34-27-9-4-3-5-10-27/h6-8,11-19,23,27H,3-5,9-10,20-21H2,1-2H3,(H,34,38). The number of halogens is 2. The lowest BCUT2D eigenvalue weighted by atomic mass is 9.95. The molecule has 1 aliphatic carbocycles. The Kier molecular flexibility index (Phi) is 10.5. The van der Waals surface area contributed by atoms with Gasteiger partial charge in [0.15, 0.2) is 0 Å². The molecular weight excluding hydrogens is 626 g/mol. The van der Waals surface area contributed by atoms with E-state index >= 15 is 0 Å². The van der Waals surface area contributed by atoms with Gasteiger partial charge in [0, 0.05) is 22.1 Å². The van der Waals surface area contributed by atoms with Crippen LogP contribution in [0.4, 0.5) is 5.69 Å². The summed E-state index contributed by atoms with van der Waals surface area (Å²) < 4.78 is 29.9. The molecule has 1 atom stereocenters. The van der Waals surface area contributed by atoms with Crippen LogP contribution in [0, 0.1) is 6.92 Å². The number of benzene rings is 3. The molecule has 7 nitrogen and oxygen atoms in total. The van der Waals surface area contributed by atoms with Crippen LogP contribution < -0.4 is 9.62 Å². The third kappa shape index (κ3) is 7.90. The maximum Gasteiger partial charge on any atom is 0.264 e. The lowest BCUT2D eigenvalue weighted by Gasteiger charge is -2.33. The zero-order valence-corrected chi connectivity index (χ0v) is 26.4. The fourth-order valence-corrected chi connectivity index (χ4v) is 6.90. The van der Waals surface area contributed by atoms with E-state index in [0.717, 1.165) is 46.4 Å². The topological polar surface area (TPSA) is 86.8 Å². The minimum absolute atomic E-state index is 0.0144. The van der Waals surface area contributed by atoms with E-state index in [1.807, 2.05) is 30.3 Å². The average Bonchev–Trinajstić information content (AvgIpc) is 2.96. The normalized spacial score (nSPS) is 14.7. The van der Waals surface area contributed by atoms with E-state index in [0.29, 0.717) is 16.3 Å². The molecule has 0 bridgehead atoms. The van der Waals surface area contributed by atoms with Crippen molar-refractivity contribution in [1.29, 1.82) is 0 Å². The van der Waals surface area contributed by atoms with Crippen molar-refractivity contribution >= 4 is 55.1 Å². The Morgan fingerprint density at radius 2 is 1.61 bits per heavy atom. The van der Waals surface area contributed by atoms with Gasteiger partial charge in [-0.2, -0.15) is 0 Å². The first-order chi connectivity index (χ1) is 19.6. The van der Waals surface area contributed by atoms with Crippen molar-refractivity contribution in [1.82, 2.24) is 10.2 Å². The molecule has 0 aromatic heterocycles. The van der Waals surface area contributed by atoms with E-state index in [-0.39, 0.29) is 23.4 Å². The second kappa shape index (κ2) is 13.9. The lowest BCUT2D eigenvalue weighted by Crippen LogP contribution is -2.53. The minimum atomic E-state index is -4.15. The molecule has 1 unspecified atom stereocenters. The highest BCUT2D eigenvalue weighted by Crippen LogP contribution is 2.28. The van der Waals surface area contributed by atoms with Gasteiger partial charge in [0.2, 0.25) is 11.8 Å². The zero-order chi connectivity index (χ0) is 29.6. The Hall–Kier alpha value is -2.88. The Morgan fingerprint density at radius 1 is 0.976 bits per heavy atom. The van der Waals surface area contributed by atoms with Gasteiger partial charge >= 0.3 is 0 Å². The first-order valence-electron chi connectivity index (χ1n) is 13.7. The lowest BCUT2D eigenvalue weighted by molar-refractivity contribution is -0.139. The summed E-state index contributed by atoms with van der Waals surface area (Å²) in [6, 6.07) is 19.6. The van der Waals surface area contributed by atoms with Crippen LogP contribution in [-0.4, -0.2) is 43.8 Å². The summed E-state index contributed by atoms with van der Waals surface area (Å²) in [5, 5.41) is 3.52. The number of carbonyl (C=O) groups is 2. The third-order valence-corrected chi connectivity index (χ3v) is 10.0. The number of amides is 2. The number of nitrogens with zero attached hydrogens (tertiary/aromatic N) is 2. The number of sulfonamides is 1. The van der Waals surface area contributed by atoms with Crippen LogP contribution in [0.25, 0.3) is 0 Å². The van der Waals surface area contributed by atoms with Gasteiger partial charge in [-0.1, -0.05) is 77.1 Å². The first-order valence-corrected chi connectivity index (χ1v) is 16.4. The predicted molar refractivity (Wildman–Crippen MR) is 166 cm³/mol. The van der Waals surface area contributed by atoms with Gasteiger partial charge < -0.3 is 10.2 Å². The molecule has 41 heavy (non-hydrogen) atoms. The zero-order valence-electron chi connectivity index (χ0n) is 23.2. The van der Waals surface area contributed by atoms with E-state index < -0.39 is 28.5 Å². The van der Waals surface area contributed by atoms with Crippen molar-refractivity contribution in [2.45, 2.75) is 69.5 Å². The van der Waals surface area contributed by atoms with Crippen molar-refractivity contribution < 1.29 is 18.0 Å². The number of rotatable bonds is 10. The molecule has 1 aliphatic rings. The van der Waals surface area contributed by atoms with Crippen LogP contribution in [-0.2, 0) is 26.2 Å². The molecule has 1 N–H and O–H groups in total. The van der Waals surface area contributed by atoms with Crippen molar-refractivity contribution in [3.63, 3.8) is 0 Å². The second-order valence-corrected chi connectivity index (χ2v) is 13.6. The van der Waals surface area contributed by atoms with Crippen molar-refractivity contribution in [2.24, 2.45) is 0 Å². The van der Waals surface area contributed by atoms with Crippen LogP contribution in [0.2, 0.25) is 5.02 Å². The molecule has 10 heteroatoms. The number of para-hydroxylation sites is 1. The molecular formula is C31H35BrClN3O4S. The molecule has 1 fully saturated rings. The first kappa shape index (κ1) is 31.1. The van der Waals surface area contributed by atoms with E-state index in [1.54, 1.807) is 32.0 Å². The van der Waals surface area contributed by atoms with E-state index in [9.17, 15) is 18.0 Å². The maximum atomic E-state index is 14.1. The van der Waals surface area contributed by atoms with E-state index in [4.69, 9.17) is 11.6 Å². The van der Waals surface area contributed by atoms with Crippen LogP contribution in [0.1, 0.15) is 50.2 Å². The summed E-state index contributed by atoms with van der Waals surface area (Å²) in [6.07, 6.45) is 5.12. The minimum Gasteiger partial charge on any atom is -0.352 e. The smallest absolute Gasteiger partial charge is 0.264 e. The highest BCUT2D eigenvalue weighted by atomic mass is 79.9. The van der Waals surface area contributed by atoms with E-state index in [2.05, 4.69) is 21.2 Å². The SMILES string of the molecule is Cc1ccccc1N(CC(=O)N(Cc1ccc(Br)cc1)C(C)C(=O)NC1CCCCC1)S(=O)(=O)c1ccc(Cl)cc1. The fourth-order valence-electron chi connectivity index (χ4n) is 5.03. The quantitative estimate of drug-likeness (QED) is 0.270. The number of nitrogens with one attached hydrogen (secondary N) is 1. The maximum absolute atomic E-state index is 14.1. The Labute approximate surface area is 256 Å². The summed E-state index contributed by atoms with van der Waals surface area (Å²) >= 11 is 9.46. The Bertz CT molecular complexity index is 1460. The third-order valence-electron chi connectivity index (χ3n) is 7.45. The van der Waals surface area contributed by atoms with Crippen molar-refractivity contribution in [2.75, 3.05) is 10.8 Å². The number of carbonyl (C=O) groups excluding carboxylic acids is 2. The summed E-state index contributed by atoms with van der Waals surface area (Å²) in [5.74, 6) is -0.731. The molecule has 0 heterocycles. The summed E-state index contributed by atoms with van der Waals surface area (Å²) in [7, 11) is -4.15. The Morgan fingerprint density at radius 3 is 2.24 bits per heavy atom. The summed E-state index contributed by atoms with van der Waals surface area (Å²) in [6.45, 7) is 3.16. The highest BCUT2D eigenvalue weighted by Gasteiger charge is 2.33. The summed E-state index contributed by atoms with van der Waals surface area (Å²) in [4.78, 5) is 29.0. The van der Waals surface area contributed by atoms with Crippen LogP contribution >= 0.6 is 27.5 Å². The molecule has 1 saturated carbocycles. The highest BCUT2D eigenvalue weighted by molar-refractivity contribution is 9.10. The van der Waals surface area contributed by atoms with Gasteiger partial charge in [0.25, 0.3) is 10.0 Å². The monoisotopic (exact) mass is 659 g/mol. The Balaban J connectivity index is 1.68. The van der Waals surface area contributed by atoms with E-state index in [1.165, 1.54) is 29.2 Å². The second-order valence-electron chi connectivity index (χ2n) is 10.4. The molecule has 0 radical (unpaired) electrons. The predicted octanol–water partition coefficient (Wildman–Crippen LogP) is 6.47. The average molecular weight is 661 g/mol. The molecule has 0 saturated heterocycles. The van der Waals surface area contributed by atoms with Crippen molar-refractivity contribution in [3.05, 3.63) is 93.4 Å².